The third-order valence-electron chi connectivity index (χ3n) is 4.11. The average molecular weight is 379 g/mol. The highest BCUT2D eigenvalue weighted by Crippen LogP contribution is 2.25. The lowest BCUT2D eigenvalue weighted by molar-refractivity contribution is -0.118. The van der Waals surface area contributed by atoms with E-state index < -0.39 is 0 Å². The molecule has 6 heteroatoms. The molecule has 0 saturated carbocycles. The molecular formula is C21H21N3O2S. The van der Waals surface area contributed by atoms with Crippen LogP contribution in [0.25, 0.3) is 10.9 Å². The molecule has 0 radical (unpaired) electrons. The molecule has 1 heterocycles. The minimum absolute atomic E-state index is 0.185. The number of hydrogen-bond donors (Lipinski definition) is 1. The molecule has 1 aromatic heterocycles. The highest BCUT2D eigenvalue weighted by Gasteiger charge is 2.08. The molecule has 3 rings (SSSR count). The van der Waals surface area contributed by atoms with E-state index in [1.165, 1.54) is 11.8 Å². The van der Waals surface area contributed by atoms with Gasteiger partial charge in [-0.3, -0.25) is 4.79 Å². The molecule has 3 aromatic rings. The maximum atomic E-state index is 12.1. The second kappa shape index (κ2) is 8.68. The summed E-state index contributed by atoms with van der Waals surface area (Å²) in [6.07, 6.45) is 1.57. The molecule has 0 spiro atoms. The number of amides is 1. The van der Waals surface area contributed by atoms with E-state index in [9.17, 15) is 4.79 Å². The van der Waals surface area contributed by atoms with Crippen molar-refractivity contribution in [3.05, 3.63) is 65.2 Å². The highest BCUT2D eigenvalue weighted by molar-refractivity contribution is 7.99. The Morgan fingerprint density at radius 3 is 2.81 bits per heavy atom. The predicted octanol–water partition coefficient (Wildman–Crippen LogP) is 4.10. The van der Waals surface area contributed by atoms with Crippen LogP contribution in [0.1, 0.15) is 16.7 Å². The summed E-state index contributed by atoms with van der Waals surface area (Å²) in [7, 11) is 1.60. The van der Waals surface area contributed by atoms with Gasteiger partial charge in [-0.2, -0.15) is 5.10 Å². The summed E-state index contributed by atoms with van der Waals surface area (Å²) in [6.45, 7) is 4.10. The lowest BCUT2D eigenvalue weighted by Gasteiger charge is -2.08. The van der Waals surface area contributed by atoms with Crippen molar-refractivity contribution < 1.29 is 9.53 Å². The van der Waals surface area contributed by atoms with Crippen molar-refractivity contribution in [1.82, 2.24) is 10.4 Å². The normalized spacial score (nSPS) is 11.1. The number of rotatable bonds is 6. The number of nitrogens with one attached hydrogen (secondary N) is 1. The van der Waals surface area contributed by atoms with Crippen LogP contribution in [0.5, 0.6) is 5.75 Å². The molecular weight excluding hydrogens is 358 g/mol. The Hall–Kier alpha value is -2.86. The number of nitrogens with zero attached hydrogens (tertiary/aromatic N) is 2. The van der Waals surface area contributed by atoms with Crippen LogP contribution in [0.15, 0.2) is 58.7 Å². The van der Waals surface area contributed by atoms with Gasteiger partial charge >= 0.3 is 0 Å². The van der Waals surface area contributed by atoms with Gasteiger partial charge in [0.25, 0.3) is 0 Å². The molecule has 0 fully saturated rings. The van der Waals surface area contributed by atoms with Gasteiger partial charge in [-0.1, -0.05) is 42.1 Å². The molecule has 0 bridgehead atoms. The molecule has 0 saturated heterocycles. The number of hydrazone groups is 1. The molecule has 0 atom stereocenters. The first kappa shape index (κ1) is 18.9. The summed E-state index contributed by atoms with van der Waals surface area (Å²) >= 11 is 1.40. The van der Waals surface area contributed by atoms with Crippen LogP contribution in [0, 0.1) is 13.8 Å². The zero-order valence-electron chi connectivity index (χ0n) is 15.5. The highest BCUT2D eigenvalue weighted by atomic mass is 32.2. The van der Waals surface area contributed by atoms with Crippen LogP contribution in [-0.2, 0) is 4.79 Å². The summed E-state index contributed by atoms with van der Waals surface area (Å²) < 4.78 is 5.25. The maximum Gasteiger partial charge on any atom is 0.250 e. The first-order valence-corrected chi connectivity index (χ1v) is 9.51. The maximum absolute atomic E-state index is 12.1. The van der Waals surface area contributed by atoms with Crippen LogP contribution in [0.3, 0.4) is 0 Å². The molecule has 0 aliphatic rings. The van der Waals surface area contributed by atoms with E-state index in [4.69, 9.17) is 4.74 Å². The van der Waals surface area contributed by atoms with Gasteiger partial charge in [-0.25, -0.2) is 10.4 Å². The second-order valence-corrected chi connectivity index (χ2v) is 7.07. The Balaban J connectivity index is 1.62. The van der Waals surface area contributed by atoms with Gasteiger partial charge in [0.2, 0.25) is 5.91 Å². The van der Waals surface area contributed by atoms with Gasteiger partial charge in [0.1, 0.15) is 5.75 Å². The molecule has 5 nitrogen and oxygen atoms in total. The minimum Gasteiger partial charge on any atom is -0.496 e. The van der Waals surface area contributed by atoms with E-state index in [-0.39, 0.29) is 11.7 Å². The molecule has 1 amide bonds. The van der Waals surface area contributed by atoms with Gasteiger partial charge in [0.15, 0.2) is 0 Å². The fourth-order valence-corrected chi connectivity index (χ4v) is 3.48. The molecule has 0 unspecified atom stereocenters. The zero-order chi connectivity index (χ0) is 19.2. The summed E-state index contributed by atoms with van der Waals surface area (Å²) in [5.74, 6) is 0.763. The summed E-state index contributed by atoms with van der Waals surface area (Å²) in [4.78, 5) is 16.8. The fraction of sp³-hybridized carbons (Fsp3) is 0.190. The standard InChI is InChI=1S/C21H21N3O2S/c1-14-7-6-9-17-15(2)11-20(23-21(14)17)27-13-19(25)24-22-12-16-8-4-5-10-18(16)26-3/h4-12H,13H2,1-3H3,(H,24,25)/b22-12-. The number of ether oxygens (including phenoxy) is 1. The summed E-state index contributed by atoms with van der Waals surface area (Å²) in [5.41, 5.74) is 6.61. The SMILES string of the molecule is COc1ccccc1/C=N\NC(=O)CSc1cc(C)c2cccc(C)c2n1. The van der Waals surface area contributed by atoms with E-state index in [0.29, 0.717) is 5.75 Å². The van der Waals surface area contributed by atoms with E-state index in [1.54, 1.807) is 13.3 Å². The lowest BCUT2D eigenvalue weighted by atomic mass is 10.1. The minimum atomic E-state index is -0.185. The van der Waals surface area contributed by atoms with Gasteiger partial charge in [-0.05, 0) is 43.2 Å². The Morgan fingerprint density at radius 2 is 2.00 bits per heavy atom. The second-order valence-electron chi connectivity index (χ2n) is 6.07. The number of fused-ring (bicyclic) bond motifs is 1. The monoisotopic (exact) mass is 379 g/mol. The quantitative estimate of drug-likeness (QED) is 0.398. The Bertz CT molecular complexity index is 1000. The van der Waals surface area contributed by atoms with Crippen molar-refractivity contribution in [3.8, 4) is 5.75 Å². The van der Waals surface area contributed by atoms with Crippen molar-refractivity contribution in [2.24, 2.45) is 5.10 Å². The number of methoxy groups -OCH3 is 1. The number of carbonyl (C=O) groups excluding carboxylic acids is 1. The van der Waals surface area contributed by atoms with E-state index in [1.807, 2.05) is 49.4 Å². The van der Waals surface area contributed by atoms with Crippen molar-refractivity contribution in [2.75, 3.05) is 12.9 Å². The van der Waals surface area contributed by atoms with Crippen LogP contribution < -0.4 is 10.2 Å². The number of hydrogen-bond acceptors (Lipinski definition) is 5. The lowest BCUT2D eigenvalue weighted by Crippen LogP contribution is -2.19. The number of carbonyl (C=O) groups is 1. The van der Waals surface area contributed by atoms with Crippen LogP contribution in [-0.4, -0.2) is 30.0 Å². The summed E-state index contributed by atoms with van der Waals surface area (Å²) in [5, 5.41) is 5.98. The van der Waals surface area contributed by atoms with Gasteiger partial charge in [0, 0.05) is 10.9 Å². The van der Waals surface area contributed by atoms with E-state index in [2.05, 4.69) is 28.5 Å². The Kier molecular flexibility index (Phi) is 6.08. The molecule has 0 aliphatic heterocycles. The first-order valence-electron chi connectivity index (χ1n) is 8.53. The topological polar surface area (TPSA) is 63.6 Å². The van der Waals surface area contributed by atoms with Crippen LogP contribution in [0.4, 0.5) is 0 Å². The number of thioether (sulfide) groups is 1. The van der Waals surface area contributed by atoms with Crippen molar-refractivity contribution in [1.29, 1.82) is 0 Å². The average Bonchev–Trinajstić information content (AvgIpc) is 2.67. The van der Waals surface area contributed by atoms with Crippen molar-refractivity contribution in [3.63, 3.8) is 0 Å². The van der Waals surface area contributed by atoms with Gasteiger partial charge in [-0.15, -0.1) is 0 Å². The third kappa shape index (κ3) is 4.65. The van der Waals surface area contributed by atoms with Crippen LogP contribution in [0.2, 0.25) is 0 Å². The summed E-state index contributed by atoms with van der Waals surface area (Å²) in [6, 6.07) is 15.6. The van der Waals surface area contributed by atoms with Gasteiger partial charge in [0.05, 0.1) is 29.6 Å². The number of aryl methyl sites for hydroxylation is 2. The van der Waals surface area contributed by atoms with Gasteiger partial charge < -0.3 is 4.74 Å². The number of para-hydroxylation sites is 2. The Labute approximate surface area is 162 Å². The third-order valence-corrected chi connectivity index (χ3v) is 5.02. The van der Waals surface area contributed by atoms with E-state index >= 15 is 0 Å². The Morgan fingerprint density at radius 1 is 1.19 bits per heavy atom. The smallest absolute Gasteiger partial charge is 0.250 e. The number of aromatic nitrogens is 1. The molecule has 2 aromatic carbocycles. The molecule has 138 valence electrons. The predicted molar refractivity (Wildman–Crippen MR) is 111 cm³/mol. The zero-order valence-corrected chi connectivity index (χ0v) is 16.3. The molecule has 0 aliphatic carbocycles. The number of benzene rings is 2. The van der Waals surface area contributed by atoms with Crippen molar-refractivity contribution >= 4 is 34.8 Å². The molecule has 1 N–H and O–H groups in total. The first-order chi connectivity index (χ1) is 13.1. The van der Waals surface area contributed by atoms with E-state index in [0.717, 1.165) is 32.6 Å². The number of pyridine rings is 1. The molecule has 27 heavy (non-hydrogen) atoms. The van der Waals surface area contributed by atoms with Crippen molar-refractivity contribution in [2.45, 2.75) is 18.9 Å². The fourth-order valence-electron chi connectivity index (χ4n) is 2.72. The largest absolute Gasteiger partial charge is 0.496 e. The van der Waals surface area contributed by atoms with Crippen LogP contribution >= 0.6 is 11.8 Å².